The number of methoxy groups -OCH3 is 1. The molecule has 0 saturated heterocycles. The zero-order valence-electron chi connectivity index (χ0n) is 17.8. The van der Waals surface area contributed by atoms with Crippen molar-refractivity contribution in [2.45, 2.75) is 38.4 Å². The summed E-state index contributed by atoms with van der Waals surface area (Å²) in [5.41, 5.74) is 2.28. The SMILES string of the molecule is COc1ccc(-c2nc(CS(=O)(=O)CC(=O)CCCCc3ccccc3)c(C)o2)cc1. The maximum atomic E-state index is 12.5. The standard InChI is InChI=1S/C24H27NO5S/c1-18-23(25-24(30-18)20-12-14-22(29-2)15-13-20)17-31(27,28)16-21(26)11-7-6-10-19-8-4-3-5-9-19/h3-5,8-9,12-15H,6-7,10-11,16-17H2,1-2H3. The molecule has 0 bridgehead atoms. The summed E-state index contributed by atoms with van der Waals surface area (Å²) in [6, 6.07) is 17.2. The van der Waals surface area contributed by atoms with E-state index in [-0.39, 0.29) is 18.0 Å². The number of aryl methyl sites for hydroxylation is 2. The van der Waals surface area contributed by atoms with Gasteiger partial charge in [0, 0.05) is 12.0 Å². The summed E-state index contributed by atoms with van der Waals surface area (Å²) in [7, 11) is -2.04. The van der Waals surface area contributed by atoms with E-state index in [2.05, 4.69) is 4.98 Å². The molecule has 0 atom stereocenters. The number of carbonyl (C=O) groups excluding carboxylic acids is 1. The van der Waals surface area contributed by atoms with Crippen LogP contribution in [0, 0.1) is 6.92 Å². The first-order valence-electron chi connectivity index (χ1n) is 10.2. The number of oxazole rings is 1. The van der Waals surface area contributed by atoms with Crippen molar-refractivity contribution < 1.29 is 22.4 Å². The second kappa shape index (κ2) is 10.4. The Kier molecular flexibility index (Phi) is 7.63. The smallest absolute Gasteiger partial charge is 0.226 e. The molecule has 0 fully saturated rings. The van der Waals surface area contributed by atoms with Crippen molar-refractivity contribution >= 4 is 15.6 Å². The summed E-state index contributed by atoms with van der Waals surface area (Å²) in [4.78, 5) is 16.5. The van der Waals surface area contributed by atoms with E-state index in [4.69, 9.17) is 9.15 Å². The summed E-state index contributed by atoms with van der Waals surface area (Å²) in [6.45, 7) is 1.68. The third-order valence-corrected chi connectivity index (χ3v) is 6.46. The number of nitrogens with zero attached hydrogens (tertiary/aromatic N) is 1. The highest BCUT2D eigenvalue weighted by molar-refractivity contribution is 7.91. The molecule has 6 nitrogen and oxygen atoms in total. The van der Waals surface area contributed by atoms with Gasteiger partial charge in [-0.3, -0.25) is 4.79 Å². The van der Waals surface area contributed by atoms with Crippen LogP contribution in [0.25, 0.3) is 11.5 Å². The Hall–Kier alpha value is -2.93. The van der Waals surface area contributed by atoms with E-state index in [0.717, 1.165) is 18.4 Å². The van der Waals surface area contributed by atoms with Gasteiger partial charge < -0.3 is 9.15 Å². The summed E-state index contributed by atoms with van der Waals surface area (Å²) in [6.07, 6.45) is 2.67. The highest BCUT2D eigenvalue weighted by Gasteiger charge is 2.22. The highest BCUT2D eigenvalue weighted by atomic mass is 32.2. The molecule has 0 saturated carbocycles. The number of rotatable bonds is 11. The van der Waals surface area contributed by atoms with Gasteiger partial charge in [-0.1, -0.05) is 30.3 Å². The molecule has 0 aliphatic heterocycles. The number of benzene rings is 2. The Balaban J connectivity index is 1.52. The quantitative estimate of drug-likeness (QED) is 0.406. The number of unbranched alkanes of at least 4 members (excludes halogenated alkanes) is 1. The van der Waals surface area contributed by atoms with Crippen LogP contribution in [0.3, 0.4) is 0 Å². The second-order valence-electron chi connectivity index (χ2n) is 7.51. The monoisotopic (exact) mass is 441 g/mol. The molecule has 2 aromatic carbocycles. The van der Waals surface area contributed by atoms with Gasteiger partial charge in [0.25, 0.3) is 0 Å². The summed E-state index contributed by atoms with van der Waals surface area (Å²) >= 11 is 0. The van der Waals surface area contributed by atoms with E-state index in [1.807, 2.05) is 30.3 Å². The number of ether oxygens (including phenoxy) is 1. The number of carbonyl (C=O) groups is 1. The van der Waals surface area contributed by atoms with Gasteiger partial charge >= 0.3 is 0 Å². The van der Waals surface area contributed by atoms with E-state index in [1.54, 1.807) is 38.3 Å². The molecule has 0 radical (unpaired) electrons. The van der Waals surface area contributed by atoms with Crippen LogP contribution in [-0.2, 0) is 26.8 Å². The van der Waals surface area contributed by atoms with Gasteiger partial charge in [0.1, 0.15) is 23.0 Å². The molecule has 0 N–H and O–H groups in total. The normalized spacial score (nSPS) is 11.4. The Morgan fingerprint density at radius 3 is 2.42 bits per heavy atom. The number of ketones is 1. The van der Waals surface area contributed by atoms with Crippen molar-refractivity contribution in [3.63, 3.8) is 0 Å². The number of hydrogen-bond donors (Lipinski definition) is 0. The van der Waals surface area contributed by atoms with Crippen molar-refractivity contribution in [3.8, 4) is 17.2 Å². The fourth-order valence-corrected chi connectivity index (χ4v) is 4.71. The molecular formula is C24H27NO5S. The number of Topliss-reactive ketones (excluding diaryl/α,β-unsaturated/α-hetero) is 1. The molecule has 1 heterocycles. The number of aromatic nitrogens is 1. The number of sulfone groups is 1. The average Bonchev–Trinajstić information content (AvgIpc) is 3.11. The number of hydrogen-bond acceptors (Lipinski definition) is 6. The minimum atomic E-state index is -3.62. The van der Waals surface area contributed by atoms with Crippen molar-refractivity contribution in [1.29, 1.82) is 0 Å². The van der Waals surface area contributed by atoms with Gasteiger partial charge in [-0.05, 0) is 56.0 Å². The van der Waals surface area contributed by atoms with Gasteiger partial charge in [0.15, 0.2) is 9.84 Å². The first-order chi connectivity index (χ1) is 14.9. The van der Waals surface area contributed by atoms with E-state index >= 15 is 0 Å². The van der Waals surface area contributed by atoms with Gasteiger partial charge in [-0.2, -0.15) is 0 Å². The molecular weight excluding hydrogens is 414 g/mol. The van der Waals surface area contributed by atoms with Crippen molar-refractivity contribution in [3.05, 3.63) is 71.6 Å². The summed E-state index contributed by atoms with van der Waals surface area (Å²) in [5.74, 6) is 0.445. The molecule has 0 amide bonds. The lowest BCUT2D eigenvalue weighted by molar-refractivity contribution is -0.116. The fourth-order valence-electron chi connectivity index (χ4n) is 3.29. The molecule has 164 valence electrons. The Morgan fingerprint density at radius 2 is 1.74 bits per heavy atom. The molecule has 3 rings (SSSR count). The molecule has 3 aromatic rings. The molecule has 0 spiro atoms. The van der Waals surface area contributed by atoms with Crippen LogP contribution in [0.2, 0.25) is 0 Å². The Bertz CT molecular complexity index is 1100. The minimum Gasteiger partial charge on any atom is -0.497 e. The molecule has 0 aliphatic rings. The zero-order chi connectivity index (χ0) is 22.3. The highest BCUT2D eigenvalue weighted by Crippen LogP contribution is 2.25. The van der Waals surface area contributed by atoms with Crippen LogP contribution in [0.1, 0.15) is 36.3 Å². The zero-order valence-corrected chi connectivity index (χ0v) is 18.7. The van der Waals surface area contributed by atoms with Crippen LogP contribution < -0.4 is 4.74 Å². The summed E-state index contributed by atoms with van der Waals surface area (Å²) < 4.78 is 35.8. The first kappa shape index (κ1) is 22.7. The Labute approximate surface area is 183 Å². The lowest BCUT2D eigenvalue weighted by atomic mass is 10.1. The van der Waals surface area contributed by atoms with Gasteiger partial charge in [0.2, 0.25) is 5.89 Å². The molecule has 31 heavy (non-hydrogen) atoms. The maximum absolute atomic E-state index is 12.5. The minimum absolute atomic E-state index is 0.260. The second-order valence-corrected chi connectivity index (χ2v) is 9.58. The van der Waals surface area contributed by atoms with Crippen molar-refractivity contribution in [2.24, 2.45) is 0 Å². The van der Waals surface area contributed by atoms with Crippen LogP contribution in [0.4, 0.5) is 0 Å². The van der Waals surface area contributed by atoms with E-state index in [0.29, 0.717) is 29.5 Å². The molecule has 7 heteroatoms. The largest absolute Gasteiger partial charge is 0.497 e. The summed E-state index contributed by atoms with van der Waals surface area (Å²) in [5, 5.41) is 0. The van der Waals surface area contributed by atoms with E-state index in [9.17, 15) is 13.2 Å². The lowest BCUT2D eigenvalue weighted by Crippen LogP contribution is -2.18. The van der Waals surface area contributed by atoms with Gasteiger partial charge in [0.05, 0.1) is 18.6 Å². The third kappa shape index (κ3) is 6.79. The molecule has 0 unspecified atom stereocenters. The van der Waals surface area contributed by atoms with Gasteiger partial charge in [-0.25, -0.2) is 13.4 Å². The molecule has 1 aromatic heterocycles. The predicted octanol–water partition coefficient (Wildman–Crippen LogP) is 4.56. The van der Waals surface area contributed by atoms with Gasteiger partial charge in [-0.15, -0.1) is 0 Å². The lowest BCUT2D eigenvalue weighted by Gasteiger charge is -2.04. The maximum Gasteiger partial charge on any atom is 0.226 e. The van der Waals surface area contributed by atoms with Crippen molar-refractivity contribution in [2.75, 3.05) is 12.9 Å². The van der Waals surface area contributed by atoms with Crippen LogP contribution in [0.5, 0.6) is 5.75 Å². The fraction of sp³-hybridized carbons (Fsp3) is 0.333. The molecule has 0 aliphatic carbocycles. The van der Waals surface area contributed by atoms with E-state index < -0.39 is 15.6 Å². The Morgan fingerprint density at radius 1 is 1.03 bits per heavy atom. The van der Waals surface area contributed by atoms with Crippen LogP contribution in [-0.4, -0.2) is 32.0 Å². The van der Waals surface area contributed by atoms with Crippen molar-refractivity contribution in [1.82, 2.24) is 4.98 Å². The predicted molar refractivity (Wildman–Crippen MR) is 120 cm³/mol. The van der Waals surface area contributed by atoms with Crippen LogP contribution in [0.15, 0.2) is 59.0 Å². The first-order valence-corrected chi connectivity index (χ1v) is 12.1. The average molecular weight is 442 g/mol. The third-order valence-electron chi connectivity index (χ3n) is 4.98. The topological polar surface area (TPSA) is 86.5 Å². The van der Waals surface area contributed by atoms with E-state index in [1.165, 1.54) is 5.56 Å². The van der Waals surface area contributed by atoms with Crippen LogP contribution >= 0.6 is 0 Å².